The Balaban J connectivity index is 0.000000533. The molecule has 0 saturated carbocycles. The zero-order valence-corrected chi connectivity index (χ0v) is 20.2. The molecule has 6 heteroatoms. The quantitative estimate of drug-likeness (QED) is 0.305. The van der Waals surface area contributed by atoms with Gasteiger partial charge in [-0.25, -0.2) is 0 Å². The Morgan fingerprint density at radius 3 is 2.25 bits per heavy atom. The average Bonchev–Trinajstić information content (AvgIpc) is 3.25. The summed E-state index contributed by atoms with van der Waals surface area (Å²) in [5.74, 6) is 0.983. The summed E-state index contributed by atoms with van der Waals surface area (Å²) >= 11 is 0. The lowest BCUT2D eigenvalue weighted by atomic mass is 9.87. The number of likely N-dealkylation sites (N-methyl/N-ethyl adjacent to an activating group) is 1. The summed E-state index contributed by atoms with van der Waals surface area (Å²) in [6, 6.07) is 10.2. The number of allylic oxidation sites excluding steroid dienone is 5. The molecule has 0 aliphatic carbocycles. The summed E-state index contributed by atoms with van der Waals surface area (Å²) < 4.78 is 0. The molecular weight excluding hydrogens is 400 g/mol. The number of nitrogens with one attached hydrogen (secondary N) is 3. The molecule has 1 aromatic carbocycles. The van der Waals surface area contributed by atoms with Gasteiger partial charge in [-0.05, 0) is 50.5 Å². The Kier molecular flexibility index (Phi) is 11.5. The van der Waals surface area contributed by atoms with Crippen molar-refractivity contribution >= 4 is 18.0 Å². The minimum absolute atomic E-state index is 0.176. The van der Waals surface area contributed by atoms with Gasteiger partial charge in [0.15, 0.2) is 0 Å². The molecular formula is C26H36N4O2. The first kappa shape index (κ1) is 26.6. The summed E-state index contributed by atoms with van der Waals surface area (Å²) in [5.41, 5.74) is 5.71. The van der Waals surface area contributed by atoms with E-state index >= 15 is 0 Å². The highest BCUT2D eigenvalue weighted by atomic mass is 16.1. The van der Waals surface area contributed by atoms with Crippen LogP contribution < -0.4 is 10.6 Å². The van der Waals surface area contributed by atoms with Crippen LogP contribution in [-0.4, -0.2) is 36.5 Å². The van der Waals surface area contributed by atoms with E-state index in [0.29, 0.717) is 11.1 Å². The van der Waals surface area contributed by atoms with Crippen molar-refractivity contribution in [2.45, 2.75) is 47.0 Å². The van der Waals surface area contributed by atoms with Crippen LogP contribution in [0.3, 0.4) is 0 Å². The summed E-state index contributed by atoms with van der Waals surface area (Å²) in [6.45, 7) is 10.0. The van der Waals surface area contributed by atoms with Gasteiger partial charge in [-0.15, -0.1) is 0 Å². The van der Waals surface area contributed by atoms with Crippen LogP contribution in [0.25, 0.3) is 0 Å². The van der Waals surface area contributed by atoms with E-state index in [1.807, 2.05) is 38.2 Å². The molecule has 0 radical (unpaired) electrons. The molecule has 0 spiro atoms. The van der Waals surface area contributed by atoms with Crippen molar-refractivity contribution in [3.63, 3.8) is 0 Å². The molecule has 0 aliphatic heterocycles. The number of carbonyl (C=O) groups excluding carboxylic acids is 2. The fourth-order valence-corrected chi connectivity index (χ4v) is 3.14. The van der Waals surface area contributed by atoms with Gasteiger partial charge in [0.1, 0.15) is 12.1 Å². The first-order valence-corrected chi connectivity index (χ1v) is 10.8. The number of aldehydes is 1. The van der Waals surface area contributed by atoms with Crippen molar-refractivity contribution in [2.24, 2.45) is 0 Å². The van der Waals surface area contributed by atoms with Crippen LogP contribution in [0, 0.1) is 6.92 Å². The number of rotatable bonds is 8. The fourth-order valence-electron chi connectivity index (χ4n) is 3.14. The van der Waals surface area contributed by atoms with Crippen LogP contribution >= 0.6 is 0 Å². The fraction of sp³-hybridized carbons (Fsp3) is 0.346. The van der Waals surface area contributed by atoms with E-state index in [1.165, 1.54) is 11.1 Å². The highest BCUT2D eigenvalue weighted by Gasteiger charge is 2.13. The van der Waals surface area contributed by atoms with Crippen molar-refractivity contribution in [3.05, 3.63) is 82.1 Å². The smallest absolute Gasteiger partial charge is 0.246 e. The lowest BCUT2D eigenvalue weighted by molar-refractivity contribution is -0.117. The van der Waals surface area contributed by atoms with Crippen LogP contribution in [0.4, 0.5) is 5.82 Å². The van der Waals surface area contributed by atoms with Crippen LogP contribution in [0.1, 0.15) is 51.2 Å². The lowest BCUT2D eigenvalue weighted by Gasteiger charge is -2.17. The molecule has 1 aromatic heterocycles. The SMILES string of the molecule is CC/C(C)=C(/C=C(C=O)\C=C(/C)C(=O)NC)C(C)c1ccccc1.CNc1[nH]ncc1C. The lowest BCUT2D eigenvalue weighted by Crippen LogP contribution is -2.18. The Hall–Kier alpha value is -3.41. The molecule has 1 amide bonds. The maximum Gasteiger partial charge on any atom is 0.246 e. The maximum atomic E-state index is 11.7. The second kappa shape index (κ2) is 13.8. The van der Waals surface area contributed by atoms with Crippen molar-refractivity contribution < 1.29 is 9.59 Å². The van der Waals surface area contributed by atoms with E-state index < -0.39 is 0 Å². The summed E-state index contributed by atoms with van der Waals surface area (Å²) in [6.07, 6.45) is 7.02. The number of aryl methyl sites for hydroxylation is 1. The van der Waals surface area contributed by atoms with Crippen molar-refractivity contribution in [2.75, 3.05) is 19.4 Å². The topological polar surface area (TPSA) is 86.9 Å². The maximum absolute atomic E-state index is 11.7. The van der Waals surface area contributed by atoms with Gasteiger partial charge in [0, 0.05) is 36.7 Å². The molecule has 1 unspecified atom stereocenters. The first-order chi connectivity index (χ1) is 15.3. The van der Waals surface area contributed by atoms with E-state index in [4.69, 9.17) is 0 Å². The Morgan fingerprint density at radius 2 is 1.81 bits per heavy atom. The van der Waals surface area contributed by atoms with Gasteiger partial charge in [0.2, 0.25) is 5.91 Å². The number of benzene rings is 1. The van der Waals surface area contributed by atoms with E-state index in [2.05, 4.69) is 53.7 Å². The standard InChI is InChI=1S/C21H27NO2.C5H9N3/c1-6-15(2)20(17(4)19-10-8-7-9-11-19)13-18(14-23)12-16(3)21(24)22-5;1-4-3-7-8-5(4)6-2/h7-14,17H,6H2,1-5H3,(H,22,24);3H,1-2H3,(H2,6,7,8)/b16-12+,18-13+,20-15-;. The number of hydrogen-bond acceptors (Lipinski definition) is 4. The number of aromatic nitrogens is 2. The highest BCUT2D eigenvalue weighted by molar-refractivity contribution is 5.95. The minimum Gasteiger partial charge on any atom is -0.373 e. The number of H-pyrrole nitrogens is 1. The van der Waals surface area contributed by atoms with Crippen LogP contribution in [0.2, 0.25) is 0 Å². The monoisotopic (exact) mass is 436 g/mol. The Morgan fingerprint density at radius 1 is 1.16 bits per heavy atom. The minimum atomic E-state index is -0.184. The summed E-state index contributed by atoms with van der Waals surface area (Å²) in [5, 5.41) is 12.1. The first-order valence-electron chi connectivity index (χ1n) is 10.8. The third kappa shape index (κ3) is 8.02. The molecule has 0 bridgehead atoms. The number of anilines is 1. The van der Waals surface area contributed by atoms with E-state index in [-0.39, 0.29) is 11.8 Å². The molecule has 2 aromatic rings. The van der Waals surface area contributed by atoms with Gasteiger partial charge < -0.3 is 10.6 Å². The zero-order valence-electron chi connectivity index (χ0n) is 20.2. The molecule has 0 aliphatic rings. The number of aromatic amines is 1. The van der Waals surface area contributed by atoms with Gasteiger partial charge in [0.05, 0.1) is 6.20 Å². The molecule has 0 saturated heterocycles. The van der Waals surface area contributed by atoms with Crippen molar-refractivity contribution in [1.82, 2.24) is 15.5 Å². The largest absolute Gasteiger partial charge is 0.373 e. The molecule has 1 heterocycles. The van der Waals surface area contributed by atoms with Crippen LogP contribution in [-0.2, 0) is 9.59 Å². The molecule has 3 N–H and O–H groups in total. The number of amides is 1. The highest BCUT2D eigenvalue weighted by Crippen LogP contribution is 2.29. The predicted molar refractivity (Wildman–Crippen MR) is 133 cm³/mol. The number of carbonyl (C=O) groups is 2. The average molecular weight is 437 g/mol. The second-order valence-electron chi connectivity index (χ2n) is 7.57. The van der Waals surface area contributed by atoms with Gasteiger partial charge >= 0.3 is 0 Å². The van der Waals surface area contributed by atoms with Gasteiger partial charge in [-0.3, -0.25) is 14.7 Å². The molecule has 1 atom stereocenters. The Labute approximate surface area is 191 Å². The van der Waals surface area contributed by atoms with Gasteiger partial charge in [-0.1, -0.05) is 49.8 Å². The third-order valence-electron chi connectivity index (χ3n) is 5.29. The molecule has 172 valence electrons. The summed E-state index contributed by atoms with van der Waals surface area (Å²) in [7, 11) is 3.44. The number of nitrogens with zero attached hydrogens (tertiary/aromatic N) is 1. The molecule has 0 fully saturated rings. The molecule has 6 nitrogen and oxygen atoms in total. The molecule has 2 rings (SSSR count). The second-order valence-corrected chi connectivity index (χ2v) is 7.57. The van der Waals surface area contributed by atoms with E-state index in [1.54, 1.807) is 26.2 Å². The zero-order chi connectivity index (χ0) is 24.1. The normalized spacial score (nSPS) is 13.3. The molecule has 32 heavy (non-hydrogen) atoms. The van der Waals surface area contributed by atoms with Gasteiger partial charge in [-0.2, -0.15) is 5.10 Å². The summed E-state index contributed by atoms with van der Waals surface area (Å²) in [4.78, 5) is 23.1. The van der Waals surface area contributed by atoms with Crippen molar-refractivity contribution in [1.29, 1.82) is 0 Å². The Bertz CT molecular complexity index is 969. The van der Waals surface area contributed by atoms with Crippen LogP contribution in [0.15, 0.2) is 71.0 Å². The third-order valence-corrected chi connectivity index (χ3v) is 5.29. The van der Waals surface area contributed by atoms with Crippen LogP contribution in [0.5, 0.6) is 0 Å². The van der Waals surface area contributed by atoms with E-state index in [0.717, 1.165) is 29.7 Å². The van der Waals surface area contributed by atoms with Gasteiger partial charge in [0.25, 0.3) is 0 Å². The predicted octanol–water partition coefficient (Wildman–Crippen LogP) is 5.09. The number of hydrogen-bond donors (Lipinski definition) is 3. The van der Waals surface area contributed by atoms with Crippen molar-refractivity contribution in [3.8, 4) is 0 Å². The van der Waals surface area contributed by atoms with E-state index in [9.17, 15) is 9.59 Å².